The van der Waals surface area contributed by atoms with Gasteiger partial charge in [-0.2, -0.15) is 16.9 Å². The van der Waals surface area contributed by atoms with Gasteiger partial charge in [0, 0.05) is 31.6 Å². The molecule has 0 aliphatic carbocycles. The van der Waals surface area contributed by atoms with Crippen LogP contribution in [0.25, 0.3) is 0 Å². The number of carbonyl (C=O) groups excluding carboxylic acids is 1. The van der Waals surface area contributed by atoms with Crippen molar-refractivity contribution in [3.63, 3.8) is 0 Å². The second-order valence-corrected chi connectivity index (χ2v) is 6.76. The lowest BCUT2D eigenvalue weighted by Crippen LogP contribution is -2.37. The molecule has 1 N–H and O–H groups in total. The summed E-state index contributed by atoms with van der Waals surface area (Å²) < 4.78 is 1.95. The van der Waals surface area contributed by atoms with E-state index in [1.165, 1.54) is 6.42 Å². The van der Waals surface area contributed by atoms with Crippen LogP contribution in [0.15, 0.2) is 12.3 Å². The van der Waals surface area contributed by atoms with E-state index in [9.17, 15) is 4.79 Å². The van der Waals surface area contributed by atoms with Crippen molar-refractivity contribution in [3.05, 3.63) is 18.0 Å². The molecule has 0 aromatic carbocycles. The highest BCUT2D eigenvalue weighted by Crippen LogP contribution is 2.23. The minimum absolute atomic E-state index is 0.0556. The second-order valence-electron chi connectivity index (χ2n) is 5.61. The summed E-state index contributed by atoms with van der Waals surface area (Å²) in [7, 11) is 1.90. The summed E-state index contributed by atoms with van der Waals surface area (Å²) in [5.74, 6) is 2.26. The molecular weight excluding hydrogens is 272 g/mol. The molecule has 3 rings (SSSR count). The molecule has 2 atom stereocenters. The van der Waals surface area contributed by atoms with Crippen LogP contribution >= 0.6 is 11.8 Å². The maximum absolute atomic E-state index is 12.5. The van der Waals surface area contributed by atoms with Crippen LogP contribution in [0.1, 0.15) is 35.8 Å². The van der Waals surface area contributed by atoms with Gasteiger partial charge in [0.15, 0.2) is 0 Å². The predicted molar refractivity (Wildman–Crippen MR) is 81.2 cm³/mol. The lowest BCUT2D eigenvalue weighted by atomic mass is 10.1. The molecule has 2 aliphatic rings. The van der Waals surface area contributed by atoms with E-state index in [2.05, 4.69) is 10.4 Å². The van der Waals surface area contributed by atoms with Gasteiger partial charge in [0.1, 0.15) is 5.69 Å². The Bertz CT molecular complexity index is 463. The van der Waals surface area contributed by atoms with E-state index in [4.69, 9.17) is 0 Å². The van der Waals surface area contributed by atoms with E-state index in [1.54, 1.807) is 0 Å². The van der Waals surface area contributed by atoms with Crippen LogP contribution < -0.4 is 5.32 Å². The average Bonchev–Trinajstić information content (AvgIpc) is 3.18. The monoisotopic (exact) mass is 294 g/mol. The summed E-state index contributed by atoms with van der Waals surface area (Å²) in [4.78, 5) is 14.3. The molecule has 5 nitrogen and oxygen atoms in total. The third-order valence-electron chi connectivity index (χ3n) is 4.25. The highest BCUT2D eigenvalue weighted by atomic mass is 32.2. The molecule has 0 radical (unpaired) electrons. The number of rotatable bonds is 3. The zero-order valence-corrected chi connectivity index (χ0v) is 12.7. The van der Waals surface area contributed by atoms with Crippen molar-refractivity contribution in [1.82, 2.24) is 20.0 Å². The first kappa shape index (κ1) is 13.9. The molecule has 0 saturated carbocycles. The van der Waals surface area contributed by atoms with Gasteiger partial charge in [-0.1, -0.05) is 0 Å². The minimum atomic E-state index is 0.0556. The standard InChI is InChI=1S/C14H22N4OS/c1-17(12-5-8-20-10-12)14(19)13-4-7-18(16-13)11-3-2-6-15-9-11/h4,7,11-12,15H,2-3,5-6,8-10H2,1H3/t11-,12+/m1/s1. The fourth-order valence-electron chi connectivity index (χ4n) is 2.89. The number of hydrogen-bond acceptors (Lipinski definition) is 4. The van der Waals surface area contributed by atoms with Gasteiger partial charge in [0.05, 0.1) is 6.04 Å². The number of nitrogens with one attached hydrogen (secondary N) is 1. The number of carbonyl (C=O) groups is 1. The molecule has 110 valence electrons. The van der Waals surface area contributed by atoms with Crippen LogP contribution in [0.4, 0.5) is 0 Å². The fourth-order valence-corrected chi connectivity index (χ4v) is 4.16. The van der Waals surface area contributed by atoms with Gasteiger partial charge in [-0.05, 0) is 37.6 Å². The van der Waals surface area contributed by atoms with Crippen LogP contribution in [0.5, 0.6) is 0 Å². The van der Waals surface area contributed by atoms with E-state index < -0.39 is 0 Å². The molecular formula is C14H22N4OS. The van der Waals surface area contributed by atoms with Gasteiger partial charge in [-0.15, -0.1) is 0 Å². The normalized spacial score (nSPS) is 26.6. The van der Waals surface area contributed by atoms with Crippen molar-refractivity contribution < 1.29 is 4.79 Å². The topological polar surface area (TPSA) is 50.2 Å². The van der Waals surface area contributed by atoms with Crippen molar-refractivity contribution in [2.45, 2.75) is 31.3 Å². The van der Waals surface area contributed by atoms with Gasteiger partial charge in [-0.25, -0.2) is 0 Å². The molecule has 0 spiro atoms. The van der Waals surface area contributed by atoms with Gasteiger partial charge in [-0.3, -0.25) is 9.48 Å². The molecule has 1 aromatic rings. The molecule has 3 heterocycles. The van der Waals surface area contributed by atoms with E-state index >= 15 is 0 Å². The summed E-state index contributed by atoms with van der Waals surface area (Å²) >= 11 is 1.92. The molecule has 6 heteroatoms. The van der Waals surface area contributed by atoms with Crippen LogP contribution in [-0.2, 0) is 0 Å². The first-order valence-electron chi connectivity index (χ1n) is 7.36. The Morgan fingerprint density at radius 1 is 1.55 bits per heavy atom. The molecule has 1 aromatic heterocycles. The van der Waals surface area contributed by atoms with Crippen LogP contribution in [0.2, 0.25) is 0 Å². The Morgan fingerprint density at radius 3 is 3.15 bits per heavy atom. The van der Waals surface area contributed by atoms with E-state index in [-0.39, 0.29) is 5.91 Å². The van der Waals surface area contributed by atoms with Crippen molar-refractivity contribution in [1.29, 1.82) is 0 Å². The lowest BCUT2D eigenvalue weighted by molar-refractivity contribution is 0.0740. The molecule has 2 fully saturated rings. The average molecular weight is 294 g/mol. The highest BCUT2D eigenvalue weighted by Gasteiger charge is 2.26. The molecule has 2 aliphatic heterocycles. The Kier molecular flexibility index (Phi) is 4.31. The molecule has 0 unspecified atom stereocenters. The van der Waals surface area contributed by atoms with E-state index in [0.717, 1.165) is 37.4 Å². The molecule has 20 heavy (non-hydrogen) atoms. The maximum Gasteiger partial charge on any atom is 0.274 e. The zero-order valence-electron chi connectivity index (χ0n) is 11.9. The van der Waals surface area contributed by atoms with Crippen molar-refractivity contribution in [2.24, 2.45) is 0 Å². The predicted octanol–water partition coefficient (Wildman–Crippen LogP) is 1.39. The van der Waals surface area contributed by atoms with E-state index in [1.807, 2.05) is 40.7 Å². The SMILES string of the molecule is CN(C(=O)c1ccn([C@@H]2CCCNC2)n1)[C@H]1CCSC1. The summed E-state index contributed by atoms with van der Waals surface area (Å²) in [5, 5.41) is 7.89. The Morgan fingerprint density at radius 2 is 2.45 bits per heavy atom. The highest BCUT2D eigenvalue weighted by molar-refractivity contribution is 7.99. The van der Waals surface area contributed by atoms with Gasteiger partial charge >= 0.3 is 0 Å². The third-order valence-corrected chi connectivity index (χ3v) is 5.39. The van der Waals surface area contributed by atoms with Crippen LogP contribution in [0.3, 0.4) is 0 Å². The number of nitrogens with zero attached hydrogens (tertiary/aromatic N) is 3. The van der Waals surface area contributed by atoms with Gasteiger partial charge < -0.3 is 10.2 Å². The Labute approximate surface area is 124 Å². The summed E-state index contributed by atoms with van der Waals surface area (Å²) in [5.41, 5.74) is 0.579. The van der Waals surface area contributed by atoms with Crippen LogP contribution in [-0.4, -0.2) is 58.3 Å². The number of piperidine rings is 1. The number of amides is 1. The third kappa shape index (κ3) is 2.86. The molecule has 2 saturated heterocycles. The Balaban J connectivity index is 1.67. The number of hydrogen-bond donors (Lipinski definition) is 1. The van der Waals surface area contributed by atoms with Crippen molar-refractivity contribution in [2.75, 3.05) is 31.6 Å². The first-order valence-corrected chi connectivity index (χ1v) is 8.52. The van der Waals surface area contributed by atoms with Crippen molar-refractivity contribution >= 4 is 17.7 Å². The minimum Gasteiger partial charge on any atom is -0.336 e. The quantitative estimate of drug-likeness (QED) is 0.915. The van der Waals surface area contributed by atoms with Crippen molar-refractivity contribution in [3.8, 4) is 0 Å². The van der Waals surface area contributed by atoms with Crippen LogP contribution in [0, 0.1) is 0 Å². The largest absolute Gasteiger partial charge is 0.336 e. The molecule has 1 amide bonds. The maximum atomic E-state index is 12.5. The lowest BCUT2D eigenvalue weighted by Gasteiger charge is -2.24. The second kappa shape index (κ2) is 6.18. The first-order chi connectivity index (χ1) is 9.75. The zero-order chi connectivity index (χ0) is 13.9. The summed E-state index contributed by atoms with van der Waals surface area (Å²) in [6, 6.07) is 2.61. The van der Waals surface area contributed by atoms with E-state index in [0.29, 0.717) is 17.8 Å². The smallest absolute Gasteiger partial charge is 0.274 e. The molecule has 0 bridgehead atoms. The summed E-state index contributed by atoms with van der Waals surface area (Å²) in [6.07, 6.45) is 5.35. The van der Waals surface area contributed by atoms with Gasteiger partial charge in [0.25, 0.3) is 5.91 Å². The Hall–Kier alpha value is -1.01. The fraction of sp³-hybridized carbons (Fsp3) is 0.714. The van der Waals surface area contributed by atoms with Gasteiger partial charge in [0.2, 0.25) is 0 Å². The summed E-state index contributed by atoms with van der Waals surface area (Å²) in [6.45, 7) is 2.04. The number of thioether (sulfide) groups is 1. The number of aromatic nitrogens is 2.